The van der Waals surface area contributed by atoms with Gasteiger partial charge < -0.3 is 18.6 Å². The van der Waals surface area contributed by atoms with Crippen LogP contribution in [0, 0.1) is 0 Å². The molecular formula is C17H20O5. The molecule has 0 saturated carbocycles. The fraction of sp³-hybridized carbons (Fsp3) is 0.353. The van der Waals surface area contributed by atoms with Crippen molar-refractivity contribution in [2.75, 3.05) is 13.2 Å². The molecule has 0 aliphatic heterocycles. The molecule has 118 valence electrons. The molecule has 0 fully saturated rings. The zero-order valence-corrected chi connectivity index (χ0v) is 12.8. The van der Waals surface area contributed by atoms with E-state index in [2.05, 4.69) is 0 Å². The summed E-state index contributed by atoms with van der Waals surface area (Å²) in [5.41, 5.74) is 0.652. The lowest BCUT2D eigenvalue weighted by Crippen LogP contribution is -2.14. The molecule has 5 nitrogen and oxygen atoms in total. The average molecular weight is 304 g/mol. The van der Waals surface area contributed by atoms with Gasteiger partial charge in [0, 0.05) is 5.56 Å². The van der Waals surface area contributed by atoms with Gasteiger partial charge in [-0.25, -0.2) is 4.79 Å². The summed E-state index contributed by atoms with van der Waals surface area (Å²) in [5, 5.41) is 0. The minimum atomic E-state index is -0.510. The zero-order chi connectivity index (χ0) is 15.8. The van der Waals surface area contributed by atoms with Gasteiger partial charge in [-0.3, -0.25) is 0 Å². The van der Waals surface area contributed by atoms with Gasteiger partial charge in [0.1, 0.15) is 19.0 Å². The minimum Gasteiger partial charge on any atom is -0.489 e. The first-order chi connectivity index (χ1) is 10.7. The lowest BCUT2D eigenvalue weighted by Gasteiger charge is -2.08. The van der Waals surface area contributed by atoms with Gasteiger partial charge in [-0.15, -0.1) is 0 Å². The van der Waals surface area contributed by atoms with Crippen molar-refractivity contribution in [3.05, 3.63) is 54.0 Å². The molecule has 1 heterocycles. The van der Waals surface area contributed by atoms with Crippen molar-refractivity contribution in [3.63, 3.8) is 0 Å². The van der Waals surface area contributed by atoms with Crippen LogP contribution in [0.5, 0.6) is 5.75 Å². The summed E-state index contributed by atoms with van der Waals surface area (Å²) >= 11 is 0. The van der Waals surface area contributed by atoms with E-state index in [1.165, 1.54) is 6.26 Å². The van der Waals surface area contributed by atoms with Crippen LogP contribution in [0.1, 0.15) is 30.0 Å². The van der Waals surface area contributed by atoms with Crippen LogP contribution < -0.4 is 4.74 Å². The molecule has 5 heteroatoms. The largest absolute Gasteiger partial charge is 0.489 e. The molecule has 2 rings (SSSR count). The van der Waals surface area contributed by atoms with Gasteiger partial charge in [-0.2, -0.15) is 0 Å². The summed E-state index contributed by atoms with van der Waals surface area (Å²) in [4.78, 5) is 12.0. The van der Waals surface area contributed by atoms with Gasteiger partial charge in [0.2, 0.25) is 5.76 Å². The minimum absolute atomic E-state index is 0.108. The van der Waals surface area contributed by atoms with Crippen molar-refractivity contribution in [2.24, 2.45) is 0 Å². The number of ether oxygens (including phenoxy) is 3. The molecule has 0 radical (unpaired) electrons. The second-order valence-electron chi connectivity index (χ2n) is 4.93. The molecule has 0 saturated heterocycles. The number of benzene rings is 1. The Balaban J connectivity index is 1.84. The number of furan rings is 1. The van der Waals surface area contributed by atoms with E-state index < -0.39 is 5.97 Å². The molecule has 0 atom stereocenters. The van der Waals surface area contributed by atoms with E-state index >= 15 is 0 Å². The Hall–Kier alpha value is -2.27. The van der Waals surface area contributed by atoms with Crippen LogP contribution in [0.4, 0.5) is 0 Å². The predicted molar refractivity (Wildman–Crippen MR) is 80.9 cm³/mol. The molecule has 1 aromatic carbocycles. The standard InChI is InChI=1S/C17H20O5/c1-13(2)19-10-11-21-17(18)16-14(8-9-20-16)12-22-15-6-4-3-5-7-15/h3-9,13H,10-12H2,1-2H3. The lowest BCUT2D eigenvalue weighted by molar-refractivity contribution is 0.0152. The molecule has 0 N–H and O–H groups in total. The number of para-hydroxylation sites is 1. The topological polar surface area (TPSA) is 57.9 Å². The predicted octanol–water partition coefficient (Wildman–Crippen LogP) is 3.44. The summed E-state index contributed by atoms with van der Waals surface area (Å²) in [7, 11) is 0. The van der Waals surface area contributed by atoms with Crippen LogP contribution in [0.3, 0.4) is 0 Å². The van der Waals surface area contributed by atoms with Crippen LogP contribution >= 0.6 is 0 Å². The van der Waals surface area contributed by atoms with E-state index in [0.29, 0.717) is 12.2 Å². The van der Waals surface area contributed by atoms with Gasteiger partial charge >= 0.3 is 5.97 Å². The number of carbonyl (C=O) groups is 1. The molecule has 0 bridgehead atoms. The Morgan fingerprint density at radius 1 is 1.14 bits per heavy atom. The highest BCUT2D eigenvalue weighted by molar-refractivity contribution is 5.87. The van der Waals surface area contributed by atoms with Gasteiger partial charge in [-0.1, -0.05) is 18.2 Å². The van der Waals surface area contributed by atoms with Crippen molar-refractivity contribution < 1.29 is 23.4 Å². The van der Waals surface area contributed by atoms with E-state index in [1.54, 1.807) is 6.07 Å². The van der Waals surface area contributed by atoms with Gasteiger partial charge in [0.05, 0.1) is 19.0 Å². The fourth-order valence-corrected chi connectivity index (χ4v) is 1.79. The number of hydrogen-bond donors (Lipinski definition) is 0. The van der Waals surface area contributed by atoms with E-state index in [-0.39, 0.29) is 25.1 Å². The molecule has 22 heavy (non-hydrogen) atoms. The molecule has 1 aromatic heterocycles. The zero-order valence-electron chi connectivity index (χ0n) is 12.8. The monoisotopic (exact) mass is 304 g/mol. The average Bonchev–Trinajstić information content (AvgIpc) is 2.99. The quantitative estimate of drug-likeness (QED) is 0.552. The third kappa shape index (κ3) is 4.93. The van der Waals surface area contributed by atoms with E-state index in [1.807, 2.05) is 44.2 Å². The van der Waals surface area contributed by atoms with Crippen LogP contribution in [0.15, 0.2) is 47.1 Å². The van der Waals surface area contributed by atoms with Crippen molar-refractivity contribution in [2.45, 2.75) is 26.6 Å². The van der Waals surface area contributed by atoms with Gasteiger partial charge in [-0.05, 0) is 32.0 Å². The van der Waals surface area contributed by atoms with E-state index in [4.69, 9.17) is 18.6 Å². The number of esters is 1. The molecule has 2 aromatic rings. The van der Waals surface area contributed by atoms with Crippen LogP contribution in [0.2, 0.25) is 0 Å². The highest BCUT2D eigenvalue weighted by Gasteiger charge is 2.17. The van der Waals surface area contributed by atoms with Gasteiger partial charge in [0.15, 0.2) is 0 Å². The maximum atomic E-state index is 12.0. The molecule has 0 aliphatic rings. The summed E-state index contributed by atoms with van der Waals surface area (Å²) in [5.74, 6) is 0.387. The number of carbonyl (C=O) groups excluding carboxylic acids is 1. The highest BCUT2D eigenvalue weighted by Crippen LogP contribution is 2.16. The Bertz CT molecular complexity index is 574. The maximum absolute atomic E-state index is 12.0. The number of rotatable bonds is 8. The third-order valence-corrected chi connectivity index (χ3v) is 2.84. The smallest absolute Gasteiger partial charge is 0.374 e. The highest BCUT2D eigenvalue weighted by atomic mass is 16.6. The Morgan fingerprint density at radius 2 is 1.91 bits per heavy atom. The summed E-state index contributed by atoms with van der Waals surface area (Å²) in [6.45, 7) is 4.64. The van der Waals surface area contributed by atoms with Crippen LogP contribution in [0.25, 0.3) is 0 Å². The van der Waals surface area contributed by atoms with Crippen LogP contribution in [-0.4, -0.2) is 25.3 Å². The van der Waals surface area contributed by atoms with Crippen molar-refractivity contribution in [1.29, 1.82) is 0 Å². The van der Waals surface area contributed by atoms with E-state index in [9.17, 15) is 4.79 Å². The van der Waals surface area contributed by atoms with E-state index in [0.717, 1.165) is 5.75 Å². The number of hydrogen-bond acceptors (Lipinski definition) is 5. The summed E-state index contributed by atoms with van der Waals surface area (Å²) < 4.78 is 21.2. The SMILES string of the molecule is CC(C)OCCOC(=O)c1occc1COc1ccccc1. The van der Waals surface area contributed by atoms with Gasteiger partial charge in [0.25, 0.3) is 0 Å². The van der Waals surface area contributed by atoms with Crippen molar-refractivity contribution >= 4 is 5.97 Å². The molecule has 0 unspecified atom stereocenters. The molecular weight excluding hydrogens is 284 g/mol. The van der Waals surface area contributed by atoms with Crippen LogP contribution in [-0.2, 0) is 16.1 Å². The third-order valence-electron chi connectivity index (χ3n) is 2.84. The summed E-state index contributed by atoms with van der Waals surface area (Å²) in [6.07, 6.45) is 1.56. The second-order valence-corrected chi connectivity index (χ2v) is 4.93. The molecule has 0 aliphatic carbocycles. The molecule has 0 spiro atoms. The fourth-order valence-electron chi connectivity index (χ4n) is 1.79. The Labute approximate surface area is 129 Å². The Kier molecular flexibility index (Phi) is 6.03. The Morgan fingerprint density at radius 3 is 2.64 bits per heavy atom. The maximum Gasteiger partial charge on any atom is 0.374 e. The lowest BCUT2D eigenvalue weighted by atomic mass is 10.2. The van der Waals surface area contributed by atoms with Crippen molar-refractivity contribution in [3.8, 4) is 5.75 Å². The first-order valence-corrected chi connectivity index (χ1v) is 7.19. The first kappa shape index (κ1) is 16.1. The molecule has 0 amide bonds. The first-order valence-electron chi connectivity index (χ1n) is 7.19. The second kappa shape index (κ2) is 8.24. The normalized spacial score (nSPS) is 10.7. The summed E-state index contributed by atoms with van der Waals surface area (Å²) in [6, 6.07) is 11.1. The van der Waals surface area contributed by atoms with Crippen molar-refractivity contribution in [1.82, 2.24) is 0 Å².